The Balaban J connectivity index is 4.24. The molecule has 0 aromatic rings. The molecule has 0 saturated heterocycles. The molecule has 0 aliphatic carbocycles. The minimum atomic E-state index is -3.40. The number of hydrogen-bond acceptors (Lipinski definition) is 3. The molecule has 0 atom stereocenters. The Hall–Kier alpha value is -0.330. The third-order valence-corrected chi connectivity index (χ3v) is 3.84. The van der Waals surface area contributed by atoms with Crippen LogP contribution in [0.5, 0.6) is 0 Å². The van der Waals surface area contributed by atoms with Gasteiger partial charge in [-0.05, 0) is 13.8 Å². The van der Waals surface area contributed by atoms with Crippen LogP contribution in [-0.2, 0) is 14.8 Å². The molecule has 0 heterocycles. The molecule has 0 aliphatic rings. The monoisotopic (exact) mass is 256 g/mol. The predicted octanol–water partition coefficient (Wildman–Crippen LogP) is 0.0114. The van der Waals surface area contributed by atoms with Gasteiger partial charge in [-0.25, -0.2) is 8.42 Å². The quantitative estimate of drug-likeness (QED) is 0.681. The highest BCUT2D eigenvalue weighted by Crippen LogP contribution is 1.98. The van der Waals surface area contributed by atoms with Crippen molar-refractivity contribution in [3.05, 3.63) is 0 Å². The van der Waals surface area contributed by atoms with Crippen LogP contribution < -0.4 is 5.32 Å². The average Bonchev–Trinajstić information content (AvgIpc) is 2.01. The number of hydrogen-bond donors (Lipinski definition) is 1. The first-order valence-corrected chi connectivity index (χ1v) is 6.73. The predicted molar refractivity (Wildman–Crippen MR) is 60.4 cm³/mol. The lowest BCUT2D eigenvalue weighted by Gasteiger charge is -2.17. The van der Waals surface area contributed by atoms with E-state index in [2.05, 4.69) is 5.32 Å². The fourth-order valence-electron chi connectivity index (χ4n) is 0.922. The van der Waals surface area contributed by atoms with Crippen LogP contribution in [0.3, 0.4) is 0 Å². The molecule has 5 nitrogen and oxygen atoms in total. The molecule has 0 aromatic heterocycles. The van der Waals surface area contributed by atoms with E-state index in [0.29, 0.717) is 0 Å². The van der Waals surface area contributed by atoms with E-state index in [4.69, 9.17) is 11.6 Å². The smallest absolute Gasteiger partial charge is 0.235 e. The van der Waals surface area contributed by atoms with E-state index in [9.17, 15) is 13.2 Å². The second-order valence-electron chi connectivity index (χ2n) is 3.48. The van der Waals surface area contributed by atoms with Crippen LogP contribution in [0.1, 0.15) is 13.8 Å². The molecule has 0 spiro atoms. The minimum Gasteiger partial charge on any atom is -0.353 e. The number of amides is 1. The second-order valence-corrected chi connectivity index (χ2v) is 6.06. The molecule has 1 amide bonds. The Morgan fingerprint density at radius 3 is 2.40 bits per heavy atom. The van der Waals surface area contributed by atoms with Gasteiger partial charge in [-0.1, -0.05) is 0 Å². The highest BCUT2D eigenvalue weighted by atomic mass is 35.5. The van der Waals surface area contributed by atoms with E-state index >= 15 is 0 Å². The molecule has 0 bridgehead atoms. The first kappa shape index (κ1) is 14.7. The lowest BCUT2D eigenvalue weighted by molar-refractivity contribution is -0.121. The molecule has 7 heteroatoms. The summed E-state index contributed by atoms with van der Waals surface area (Å²) in [5, 5.41) is 2.61. The first-order chi connectivity index (χ1) is 6.79. The molecule has 0 rings (SSSR count). The Morgan fingerprint density at radius 2 is 2.00 bits per heavy atom. The maximum Gasteiger partial charge on any atom is 0.235 e. The maximum atomic E-state index is 11.4. The summed E-state index contributed by atoms with van der Waals surface area (Å²) in [6.07, 6.45) is 0. The van der Waals surface area contributed by atoms with E-state index in [-0.39, 0.29) is 30.1 Å². The van der Waals surface area contributed by atoms with Gasteiger partial charge in [0.15, 0.2) is 0 Å². The second kappa shape index (κ2) is 6.30. The maximum absolute atomic E-state index is 11.4. The van der Waals surface area contributed by atoms with Gasteiger partial charge in [-0.15, -0.1) is 11.6 Å². The SMILES string of the molecule is CC(C)NC(=O)CN(C)S(=O)(=O)CCCl. The van der Waals surface area contributed by atoms with Gasteiger partial charge in [0, 0.05) is 19.0 Å². The normalized spacial score (nSPS) is 12.1. The van der Waals surface area contributed by atoms with Gasteiger partial charge in [0.1, 0.15) is 0 Å². The van der Waals surface area contributed by atoms with Gasteiger partial charge >= 0.3 is 0 Å². The fourth-order valence-corrected chi connectivity index (χ4v) is 2.33. The zero-order chi connectivity index (χ0) is 12.1. The molecule has 0 aliphatic heterocycles. The van der Waals surface area contributed by atoms with Gasteiger partial charge in [-0.2, -0.15) is 4.31 Å². The zero-order valence-electron chi connectivity index (χ0n) is 9.16. The summed E-state index contributed by atoms with van der Waals surface area (Å²) in [6.45, 7) is 3.45. The summed E-state index contributed by atoms with van der Waals surface area (Å²) in [5.41, 5.74) is 0. The Kier molecular flexibility index (Phi) is 6.16. The Labute approximate surface area is 95.8 Å². The van der Waals surface area contributed by atoms with E-state index in [0.717, 1.165) is 4.31 Å². The summed E-state index contributed by atoms with van der Waals surface area (Å²) in [5.74, 6) is -0.441. The summed E-state index contributed by atoms with van der Waals surface area (Å²) in [6, 6.07) is 0.00151. The highest BCUT2D eigenvalue weighted by molar-refractivity contribution is 7.89. The van der Waals surface area contributed by atoms with Gasteiger partial charge in [0.05, 0.1) is 12.3 Å². The highest BCUT2D eigenvalue weighted by Gasteiger charge is 2.19. The molecule has 0 unspecified atom stereocenters. The number of sulfonamides is 1. The van der Waals surface area contributed by atoms with E-state index in [1.807, 2.05) is 13.8 Å². The van der Waals surface area contributed by atoms with Crippen molar-refractivity contribution < 1.29 is 13.2 Å². The van der Waals surface area contributed by atoms with Crippen LogP contribution in [0, 0.1) is 0 Å². The standard InChI is InChI=1S/C8H17ClN2O3S/c1-7(2)10-8(12)6-11(3)15(13,14)5-4-9/h7H,4-6H2,1-3H3,(H,10,12). The third-order valence-electron chi connectivity index (χ3n) is 1.63. The number of nitrogens with zero attached hydrogens (tertiary/aromatic N) is 1. The van der Waals surface area contributed by atoms with Crippen molar-refractivity contribution in [2.75, 3.05) is 25.2 Å². The van der Waals surface area contributed by atoms with Crippen molar-refractivity contribution in [2.24, 2.45) is 0 Å². The van der Waals surface area contributed by atoms with Gasteiger partial charge < -0.3 is 5.32 Å². The topological polar surface area (TPSA) is 66.5 Å². The van der Waals surface area contributed by atoms with Crippen LogP contribution in [0.4, 0.5) is 0 Å². The van der Waals surface area contributed by atoms with Crippen molar-refractivity contribution in [2.45, 2.75) is 19.9 Å². The van der Waals surface area contributed by atoms with Crippen LogP contribution in [0.2, 0.25) is 0 Å². The number of rotatable bonds is 6. The van der Waals surface area contributed by atoms with Crippen LogP contribution in [0.25, 0.3) is 0 Å². The minimum absolute atomic E-state index is 0.00151. The van der Waals surface area contributed by atoms with E-state index in [1.54, 1.807) is 0 Å². The zero-order valence-corrected chi connectivity index (χ0v) is 10.7. The number of likely N-dealkylation sites (N-methyl/N-ethyl adjacent to an activating group) is 1. The summed E-state index contributed by atoms with van der Waals surface area (Å²) in [7, 11) is -2.04. The fraction of sp³-hybridized carbons (Fsp3) is 0.875. The molecule has 1 N–H and O–H groups in total. The average molecular weight is 257 g/mol. The molecule has 15 heavy (non-hydrogen) atoms. The molecule has 0 fully saturated rings. The lowest BCUT2D eigenvalue weighted by atomic mass is 10.4. The number of carbonyl (C=O) groups is 1. The first-order valence-electron chi connectivity index (χ1n) is 4.59. The van der Waals surface area contributed by atoms with Crippen molar-refractivity contribution in [1.29, 1.82) is 0 Å². The molecular formula is C8H17ClN2O3S. The molecular weight excluding hydrogens is 240 g/mol. The summed E-state index contributed by atoms with van der Waals surface area (Å²) >= 11 is 5.34. The lowest BCUT2D eigenvalue weighted by Crippen LogP contribution is -2.41. The molecule has 90 valence electrons. The van der Waals surface area contributed by atoms with Crippen molar-refractivity contribution in [1.82, 2.24) is 9.62 Å². The third kappa shape index (κ3) is 5.96. The van der Waals surface area contributed by atoms with Crippen molar-refractivity contribution in [3.63, 3.8) is 0 Å². The Morgan fingerprint density at radius 1 is 1.47 bits per heavy atom. The van der Waals surface area contributed by atoms with Crippen molar-refractivity contribution >= 4 is 27.5 Å². The van der Waals surface area contributed by atoms with Gasteiger partial charge in [0.2, 0.25) is 15.9 Å². The number of alkyl halides is 1. The number of carbonyl (C=O) groups excluding carboxylic acids is 1. The largest absolute Gasteiger partial charge is 0.353 e. The number of halogens is 1. The molecule has 0 radical (unpaired) electrons. The van der Waals surface area contributed by atoms with Crippen LogP contribution in [-0.4, -0.2) is 49.9 Å². The number of nitrogens with one attached hydrogen (secondary N) is 1. The van der Waals surface area contributed by atoms with E-state index in [1.165, 1.54) is 7.05 Å². The van der Waals surface area contributed by atoms with Gasteiger partial charge in [-0.3, -0.25) is 4.79 Å². The van der Waals surface area contributed by atoms with E-state index < -0.39 is 10.0 Å². The van der Waals surface area contributed by atoms with Crippen LogP contribution in [0.15, 0.2) is 0 Å². The van der Waals surface area contributed by atoms with Gasteiger partial charge in [0.25, 0.3) is 0 Å². The van der Waals surface area contributed by atoms with Crippen molar-refractivity contribution in [3.8, 4) is 0 Å². The van der Waals surface area contributed by atoms with Crippen LogP contribution >= 0.6 is 11.6 Å². The summed E-state index contributed by atoms with van der Waals surface area (Å²) < 4.78 is 23.8. The molecule has 0 aromatic carbocycles. The Bertz CT molecular complexity index is 303. The molecule has 0 saturated carbocycles. The summed E-state index contributed by atoms with van der Waals surface area (Å²) in [4.78, 5) is 11.3.